The predicted octanol–water partition coefficient (Wildman–Crippen LogP) is 11.5. The largest absolute Gasteiger partial charge is 0.444 e. The van der Waals surface area contributed by atoms with E-state index in [4.69, 9.17) is 20.4 Å². The summed E-state index contributed by atoms with van der Waals surface area (Å²) in [7, 11) is -1.25. The number of rotatable bonds is 30. The molecule has 0 N–H and O–H groups in total. The number of ether oxygens (including phenoxy) is 1. The van der Waals surface area contributed by atoms with Crippen LogP contribution in [0.2, 0.25) is 0 Å². The molecule has 15 nitrogen and oxygen atoms in total. The molecule has 2 aromatic carbocycles. The molecule has 4 heterocycles. The first-order valence-corrected chi connectivity index (χ1v) is 29.1. The Hall–Kier alpha value is -4.42. The summed E-state index contributed by atoms with van der Waals surface area (Å²) in [4.78, 5) is 85.0. The maximum Gasteiger partial charge on any atom is 0.308 e. The third kappa shape index (κ3) is 16.8. The summed E-state index contributed by atoms with van der Waals surface area (Å²) < 4.78 is 21.4. The van der Waals surface area contributed by atoms with Gasteiger partial charge < -0.3 is 23.4 Å². The zero-order valence-electron chi connectivity index (χ0n) is 45.8. The number of benzene rings is 2. The van der Waals surface area contributed by atoms with Crippen LogP contribution in [0, 0.1) is 6.57 Å². The van der Waals surface area contributed by atoms with E-state index in [1.54, 1.807) is 36.4 Å². The number of carbonyl (C=O) groups is 6. The molecule has 4 aliphatic rings. The van der Waals surface area contributed by atoms with E-state index in [0.29, 0.717) is 66.6 Å². The molecule has 2 fully saturated rings. The van der Waals surface area contributed by atoms with Gasteiger partial charge in [0.1, 0.15) is 12.4 Å². The van der Waals surface area contributed by atoms with Crippen molar-refractivity contribution in [2.75, 3.05) is 52.4 Å². The standard InChI is InChI=1S/C31H49N4O4P.C27H38N2O5/c1-7-29(39-40(38-23-19-32-6)35(24(2)3)25(4)5)28-18-12-15-21-33(28)20-13-8-9-14-22-34-30(36)26-16-10-11-17-27(26)31(34)37;1-3-16-27(34-24(31)15-14-21(2)30)17-8-11-19-28(27)18-9-4-5-10-20-29-25(32)22-12-6-7-13-23(22)26(29)33/h10-11,16-17,24-25,28-29H,7-9,12-15,18-23H2,1-5H3;6-7,12-13H,3-5,8-11,14-20H2,1-2H3. The van der Waals surface area contributed by atoms with E-state index < -0.39 is 14.3 Å². The number of likely N-dealkylation sites (tertiary alicyclic amines) is 2. The van der Waals surface area contributed by atoms with Gasteiger partial charge in [0, 0.05) is 63.6 Å². The molecule has 0 aromatic heterocycles. The molecule has 0 saturated carbocycles. The van der Waals surface area contributed by atoms with E-state index in [0.717, 1.165) is 122 Å². The van der Waals surface area contributed by atoms with Crippen molar-refractivity contribution in [2.45, 2.75) is 200 Å². The molecule has 6 rings (SSSR count). The number of Topliss-reactive ketones (excluding diaryl/α,β-unsaturated/α-hetero) is 1. The van der Waals surface area contributed by atoms with Gasteiger partial charge in [-0.2, -0.15) is 0 Å². The van der Waals surface area contributed by atoms with Gasteiger partial charge in [-0.15, -0.1) is 0 Å². The first kappa shape index (κ1) is 60.4. The zero-order chi connectivity index (χ0) is 53.6. The lowest BCUT2D eigenvalue weighted by atomic mass is 9.93. The van der Waals surface area contributed by atoms with Crippen LogP contribution in [-0.2, 0) is 23.4 Å². The second-order valence-corrected chi connectivity index (χ2v) is 22.3. The Bertz CT molecular complexity index is 2120. The predicted molar refractivity (Wildman–Crippen MR) is 290 cm³/mol. The lowest BCUT2D eigenvalue weighted by Crippen LogP contribution is -2.55. The number of amides is 4. The number of esters is 1. The van der Waals surface area contributed by atoms with Crippen molar-refractivity contribution in [3.63, 3.8) is 0 Å². The average molecular weight is 1040 g/mol. The molecular weight excluding hydrogens is 956 g/mol. The van der Waals surface area contributed by atoms with Crippen LogP contribution in [0.25, 0.3) is 4.85 Å². The van der Waals surface area contributed by atoms with Crippen LogP contribution in [0.5, 0.6) is 0 Å². The molecule has 2 saturated heterocycles. The van der Waals surface area contributed by atoms with Crippen molar-refractivity contribution < 1.29 is 42.6 Å². The third-order valence-corrected chi connectivity index (χ3v) is 16.9. The van der Waals surface area contributed by atoms with Crippen LogP contribution in [0.3, 0.4) is 0 Å². The maximum absolute atomic E-state index is 12.6. The van der Waals surface area contributed by atoms with Gasteiger partial charge in [0.25, 0.3) is 32.2 Å². The van der Waals surface area contributed by atoms with Gasteiger partial charge in [0.15, 0.2) is 5.72 Å². The molecule has 4 aliphatic heterocycles. The van der Waals surface area contributed by atoms with Crippen molar-refractivity contribution in [2.24, 2.45) is 0 Å². The molecule has 0 aliphatic carbocycles. The molecular formula is C58H87N6O9P. The lowest BCUT2D eigenvalue weighted by Gasteiger charge is -2.46. The Balaban J connectivity index is 0.000000278. The summed E-state index contributed by atoms with van der Waals surface area (Å²) in [5.74, 6) is -0.975. The van der Waals surface area contributed by atoms with Crippen LogP contribution < -0.4 is 0 Å². The fourth-order valence-electron chi connectivity index (χ4n) is 11.0. The van der Waals surface area contributed by atoms with Crippen LogP contribution in [0.1, 0.15) is 212 Å². The summed E-state index contributed by atoms with van der Waals surface area (Å²) in [5.41, 5.74) is 1.51. The molecule has 0 radical (unpaired) electrons. The van der Waals surface area contributed by atoms with Gasteiger partial charge in [0.2, 0.25) is 6.54 Å². The highest BCUT2D eigenvalue weighted by atomic mass is 31.2. The van der Waals surface area contributed by atoms with Gasteiger partial charge in [-0.05, 0) is 130 Å². The fraction of sp³-hybridized carbons (Fsp3) is 0.672. The fourth-order valence-corrected chi connectivity index (χ4v) is 12.9. The molecule has 0 spiro atoms. The van der Waals surface area contributed by atoms with Crippen molar-refractivity contribution >= 4 is 43.9 Å². The minimum atomic E-state index is -1.25. The summed E-state index contributed by atoms with van der Waals surface area (Å²) in [6.07, 6.45) is 17.3. The summed E-state index contributed by atoms with van der Waals surface area (Å²) in [6.45, 7) is 27.3. The zero-order valence-corrected chi connectivity index (χ0v) is 46.7. The number of ketones is 1. The van der Waals surface area contributed by atoms with Crippen LogP contribution in [0.4, 0.5) is 0 Å². The Kier molecular flexibility index (Phi) is 25.3. The second-order valence-electron chi connectivity index (χ2n) is 20.9. The monoisotopic (exact) mass is 1040 g/mol. The Morgan fingerprint density at radius 1 is 0.716 bits per heavy atom. The second kappa shape index (κ2) is 31.0. The first-order chi connectivity index (χ1) is 35.7. The SMILES string of the molecule is CCCC1(OC(=O)CCC(C)=O)CCCCN1CCCCCCN1C(=O)c2ccccc2C1=O.[C-]#[N+]CCOP(OC(CC)C1CCCCN1CCCCCCN1C(=O)c2ccccc2C1=O)N(C(C)C)C(C)C. The molecule has 4 amide bonds. The van der Waals surface area contributed by atoms with Crippen molar-refractivity contribution in [3.05, 3.63) is 82.2 Å². The molecule has 2 aromatic rings. The Labute approximate surface area is 444 Å². The molecule has 16 heteroatoms. The molecule has 74 heavy (non-hydrogen) atoms. The van der Waals surface area contributed by atoms with E-state index in [2.05, 4.69) is 60.9 Å². The lowest BCUT2D eigenvalue weighted by molar-refractivity contribution is -0.197. The smallest absolute Gasteiger partial charge is 0.308 e. The Morgan fingerprint density at radius 3 is 1.72 bits per heavy atom. The number of hydrogen-bond donors (Lipinski definition) is 0. The third-order valence-electron chi connectivity index (χ3n) is 14.7. The number of unbranched alkanes of at least 4 members (excludes halogenated alkanes) is 6. The minimum Gasteiger partial charge on any atom is -0.444 e. The van der Waals surface area contributed by atoms with Gasteiger partial charge in [-0.3, -0.25) is 43.6 Å². The highest BCUT2D eigenvalue weighted by Gasteiger charge is 2.42. The number of fused-ring (bicyclic) bond motifs is 2. The average Bonchev–Trinajstić information content (AvgIpc) is 3.77. The molecule has 408 valence electrons. The normalized spacial score (nSPS) is 19.9. The van der Waals surface area contributed by atoms with E-state index in [9.17, 15) is 28.8 Å². The number of imide groups is 2. The van der Waals surface area contributed by atoms with Crippen molar-refractivity contribution in [1.82, 2.24) is 24.3 Å². The number of hydrogen-bond acceptors (Lipinski definition) is 12. The number of piperidine rings is 2. The summed E-state index contributed by atoms with van der Waals surface area (Å²) >= 11 is 0. The molecule has 4 atom stereocenters. The van der Waals surface area contributed by atoms with Crippen LogP contribution in [0.15, 0.2) is 48.5 Å². The topological polar surface area (TPSA) is 151 Å². The van der Waals surface area contributed by atoms with E-state index in [1.807, 2.05) is 12.1 Å². The van der Waals surface area contributed by atoms with Crippen LogP contribution >= 0.6 is 8.53 Å². The minimum absolute atomic E-state index is 0.00297. The Morgan fingerprint density at radius 2 is 1.23 bits per heavy atom. The van der Waals surface area contributed by atoms with E-state index >= 15 is 0 Å². The maximum atomic E-state index is 12.6. The molecule has 4 unspecified atom stereocenters. The van der Waals surface area contributed by atoms with Gasteiger partial charge in [-0.1, -0.05) is 76.6 Å². The first-order valence-electron chi connectivity index (χ1n) is 28.0. The number of carbonyl (C=O) groups excluding carboxylic acids is 6. The van der Waals surface area contributed by atoms with Gasteiger partial charge in [0.05, 0.1) is 34.8 Å². The van der Waals surface area contributed by atoms with Gasteiger partial charge in [-0.25, -0.2) is 11.2 Å². The highest BCUT2D eigenvalue weighted by Crippen LogP contribution is 2.48. The summed E-state index contributed by atoms with van der Waals surface area (Å²) in [6, 6.07) is 15.0. The highest BCUT2D eigenvalue weighted by molar-refractivity contribution is 7.44. The van der Waals surface area contributed by atoms with Crippen LogP contribution in [-0.4, -0.2) is 142 Å². The van der Waals surface area contributed by atoms with E-state index in [1.165, 1.54) is 29.6 Å². The van der Waals surface area contributed by atoms with Crippen molar-refractivity contribution in [1.29, 1.82) is 0 Å². The number of nitrogens with zero attached hydrogens (tertiary/aromatic N) is 6. The van der Waals surface area contributed by atoms with Gasteiger partial charge >= 0.3 is 5.97 Å². The van der Waals surface area contributed by atoms with Crippen molar-refractivity contribution in [3.8, 4) is 0 Å². The summed E-state index contributed by atoms with van der Waals surface area (Å²) in [5, 5.41) is 0. The van der Waals surface area contributed by atoms with E-state index in [-0.39, 0.29) is 54.3 Å². The quantitative estimate of drug-likeness (QED) is 0.0241. The molecule has 0 bridgehead atoms.